The van der Waals surface area contributed by atoms with Crippen molar-refractivity contribution in [3.8, 4) is 0 Å². The highest BCUT2D eigenvalue weighted by Gasteiger charge is 2.04. The molecule has 0 saturated carbocycles. The molecule has 5 nitrogen and oxygen atoms in total. The molecule has 2 rings (SSSR count). The number of hydrogen-bond acceptors (Lipinski definition) is 4. The average Bonchev–Trinajstić information content (AvgIpc) is 2.98. The van der Waals surface area contributed by atoms with Crippen LogP contribution in [0.1, 0.15) is 10.4 Å². The molecule has 2 heterocycles. The smallest absolute Gasteiger partial charge is 0.188 e. The molecule has 0 aliphatic heterocycles. The Bertz CT molecular complexity index is 583. The number of pyridine rings is 1. The van der Waals surface area contributed by atoms with Crippen molar-refractivity contribution in [2.24, 2.45) is 10.7 Å². The van der Waals surface area contributed by atoms with Gasteiger partial charge in [-0.25, -0.2) is 9.98 Å². The van der Waals surface area contributed by atoms with E-state index < -0.39 is 0 Å². The Hall–Kier alpha value is -1.35. The van der Waals surface area contributed by atoms with Gasteiger partial charge in [-0.15, -0.1) is 35.3 Å². The number of aromatic nitrogens is 1. The zero-order valence-corrected chi connectivity index (χ0v) is 16.0. The SMILES string of the molecule is CN(C)c1ncccc1CN=C(N)NCCc1cccs1.I. The van der Waals surface area contributed by atoms with Crippen LogP contribution in [0.15, 0.2) is 40.8 Å². The average molecular weight is 431 g/mol. The normalized spacial score (nSPS) is 10.9. The Labute approximate surface area is 152 Å². The molecular formula is C15H22IN5S. The number of nitrogens with zero attached hydrogens (tertiary/aromatic N) is 3. The van der Waals surface area contributed by atoms with E-state index in [2.05, 4.69) is 32.8 Å². The second-order valence-corrected chi connectivity index (χ2v) is 5.87. The number of anilines is 1. The van der Waals surface area contributed by atoms with Gasteiger partial charge in [-0.2, -0.15) is 0 Å². The van der Waals surface area contributed by atoms with Gasteiger partial charge in [-0.1, -0.05) is 12.1 Å². The van der Waals surface area contributed by atoms with Gasteiger partial charge in [0.1, 0.15) is 5.82 Å². The van der Waals surface area contributed by atoms with Crippen molar-refractivity contribution in [1.82, 2.24) is 10.3 Å². The zero-order valence-electron chi connectivity index (χ0n) is 12.8. The minimum absolute atomic E-state index is 0. The fraction of sp³-hybridized carbons (Fsp3) is 0.333. The molecule has 0 bridgehead atoms. The highest BCUT2D eigenvalue weighted by Crippen LogP contribution is 2.15. The summed E-state index contributed by atoms with van der Waals surface area (Å²) in [4.78, 5) is 12.0. The van der Waals surface area contributed by atoms with Crippen molar-refractivity contribution in [2.45, 2.75) is 13.0 Å². The summed E-state index contributed by atoms with van der Waals surface area (Å²) in [6.07, 6.45) is 2.74. The highest BCUT2D eigenvalue weighted by molar-refractivity contribution is 14.0. The van der Waals surface area contributed by atoms with E-state index in [0.29, 0.717) is 12.5 Å². The first-order valence-electron chi connectivity index (χ1n) is 6.84. The lowest BCUT2D eigenvalue weighted by Gasteiger charge is -2.14. The Morgan fingerprint density at radius 2 is 2.18 bits per heavy atom. The molecule has 0 spiro atoms. The van der Waals surface area contributed by atoms with Gasteiger partial charge in [0.05, 0.1) is 6.54 Å². The van der Waals surface area contributed by atoms with Gasteiger partial charge in [0.15, 0.2) is 5.96 Å². The Morgan fingerprint density at radius 3 is 2.86 bits per heavy atom. The molecule has 120 valence electrons. The number of hydrogen-bond donors (Lipinski definition) is 2. The lowest BCUT2D eigenvalue weighted by Crippen LogP contribution is -2.33. The maximum atomic E-state index is 5.90. The number of guanidine groups is 1. The molecule has 7 heteroatoms. The summed E-state index contributed by atoms with van der Waals surface area (Å²) < 4.78 is 0. The number of nitrogens with two attached hydrogens (primary N) is 1. The van der Waals surface area contributed by atoms with Gasteiger partial charge >= 0.3 is 0 Å². The van der Waals surface area contributed by atoms with E-state index in [1.54, 1.807) is 17.5 Å². The third-order valence-corrected chi connectivity index (χ3v) is 3.90. The fourth-order valence-corrected chi connectivity index (χ4v) is 2.66. The summed E-state index contributed by atoms with van der Waals surface area (Å²) in [7, 11) is 3.94. The zero-order chi connectivity index (χ0) is 15.1. The van der Waals surface area contributed by atoms with Crippen molar-refractivity contribution in [3.63, 3.8) is 0 Å². The van der Waals surface area contributed by atoms with Crippen molar-refractivity contribution < 1.29 is 0 Å². The number of halogens is 1. The molecule has 0 fully saturated rings. The van der Waals surface area contributed by atoms with Gasteiger partial charge in [0.25, 0.3) is 0 Å². The summed E-state index contributed by atoms with van der Waals surface area (Å²) in [5.41, 5.74) is 6.96. The van der Waals surface area contributed by atoms with E-state index in [1.165, 1.54) is 4.88 Å². The third kappa shape index (κ3) is 5.80. The minimum atomic E-state index is 0. The first kappa shape index (κ1) is 18.7. The van der Waals surface area contributed by atoms with Crippen LogP contribution in [0.4, 0.5) is 5.82 Å². The topological polar surface area (TPSA) is 66.5 Å². The van der Waals surface area contributed by atoms with Crippen molar-refractivity contribution in [1.29, 1.82) is 0 Å². The molecule has 0 atom stereocenters. The quantitative estimate of drug-likeness (QED) is 0.419. The van der Waals surface area contributed by atoms with Crippen LogP contribution in [-0.2, 0) is 13.0 Å². The third-order valence-electron chi connectivity index (χ3n) is 2.97. The van der Waals surface area contributed by atoms with Crippen LogP contribution >= 0.6 is 35.3 Å². The lowest BCUT2D eigenvalue weighted by atomic mass is 10.2. The molecule has 0 amide bonds. The predicted octanol–water partition coefficient (Wildman–Crippen LogP) is 2.47. The summed E-state index contributed by atoms with van der Waals surface area (Å²) in [6.45, 7) is 1.32. The molecular weight excluding hydrogens is 409 g/mol. The molecule has 0 saturated heterocycles. The lowest BCUT2D eigenvalue weighted by molar-refractivity contribution is 0.855. The second-order valence-electron chi connectivity index (χ2n) is 4.84. The van der Waals surface area contributed by atoms with E-state index in [0.717, 1.165) is 24.3 Å². The summed E-state index contributed by atoms with van der Waals surface area (Å²) in [5, 5.41) is 5.22. The molecule has 0 aromatic carbocycles. The van der Waals surface area contributed by atoms with Crippen molar-refractivity contribution >= 4 is 47.1 Å². The predicted molar refractivity (Wildman–Crippen MR) is 105 cm³/mol. The van der Waals surface area contributed by atoms with Gasteiger partial charge in [0, 0.05) is 37.3 Å². The first-order chi connectivity index (χ1) is 10.2. The van der Waals surface area contributed by atoms with Crippen LogP contribution in [0.5, 0.6) is 0 Å². The minimum Gasteiger partial charge on any atom is -0.370 e. The summed E-state index contributed by atoms with van der Waals surface area (Å²) >= 11 is 1.76. The molecule has 0 aliphatic rings. The van der Waals surface area contributed by atoms with Crippen LogP contribution < -0.4 is 16.0 Å². The van der Waals surface area contributed by atoms with E-state index in [1.807, 2.05) is 31.1 Å². The number of aliphatic imine (C=N–C) groups is 1. The molecule has 2 aromatic rings. The largest absolute Gasteiger partial charge is 0.370 e. The maximum absolute atomic E-state index is 5.90. The Balaban J connectivity index is 0.00000242. The highest BCUT2D eigenvalue weighted by atomic mass is 127. The van der Waals surface area contributed by atoms with Crippen LogP contribution in [0.3, 0.4) is 0 Å². The van der Waals surface area contributed by atoms with Gasteiger partial charge < -0.3 is 16.0 Å². The van der Waals surface area contributed by atoms with Gasteiger partial charge in [-0.3, -0.25) is 0 Å². The standard InChI is InChI=1S/C15H21N5S.HI/c1-20(2)14-12(5-3-8-17-14)11-19-15(16)18-9-7-13-6-4-10-21-13;/h3-6,8,10H,7,9,11H2,1-2H3,(H3,16,18,19);1H. The molecule has 0 unspecified atom stereocenters. The molecule has 0 aliphatic carbocycles. The van der Waals surface area contributed by atoms with E-state index in [4.69, 9.17) is 5.73 Å². The first-order valence-corrected chi connectivity index (χ1v) is 7.72. The van der Waals surface area contributed by atoms with E-state index in [9.17, 15) is 0 Å². The van der Waals surface area contributed by atoms with E-state index in [-0.39, 0.29) is 24.0 Å². The number of nitrogens with one attached hydrogen (secondary N) is 1. The van der Waals surface area contributed by atoms with Crippen LogP contribution in [0.2, 0.25) is 0 Å². The number of rotatable bonds is 6. The van der Waals surface area contributed by atoms with Crippen LogP contribution in [0.25, 0.3) is 0 Å². The van der Waals surface area contributed by atoms with E-state index >= 15 is 0 Å². The molecule has 3 N–H and O–H groups in total. The van der Waals surface area contributed by atoms with Crippen LogP contribution in [0, 0.1) is 0 Å². The Kier molecular flexibility index (Phi) is 8.18. The maximum Gasteiger partial charge on any atom is 0.188 e. The van der Waals surface area contributed by atoms with Gasteiger partial charge in [0.2, 0.25) is 0 Å². The fourth-order valence-electron chi connectivity index (χ4n) is 1.95. The monoisotopic (exact) mass is 431 g/mol. The van der Waals surface area contributed by atoms with Gasteiger partial charge in [-0.05, 0) is 23.9 Å². The van der Waals surface area contributed by atoms with Crippen molar-refractivity contribution in [2.75, 3.05) is 25.5 Å². The molecule has 22 heavy (non-hydrogen) atoms. The van der Waals surface area contributed by atoms with Crippen molar-refractivity contribution in [3.05, 3.63) is 46.3 Å². The molecule has 2 aromatic heterocycles. The summed E-state index contributed by atoms with van der Waals surface area (Å²) in [5.74, 6) is 1.40. The van der Waals surface area contributed by atoms with Crippen LogP contribution in [-0.4, -0.2) is 31.6 Å². The summed E-state index contributed by atoms with van der Waals surface area (Å²) in [6, 6.07) is 8.12. The molecule has 0 radical (unpaired) electrons. The number of thiophene rings is 1. The second kappa shape index (κ2) is 9.62. The Morgan fingerprint density at radius 1 is 1.36 bits per heavy atom.